The summed E-state index contributed by atoms with van der Waals surface area (Å²) in [5, 5.41) is 26.6. The van der Waals surface area contributed by atoms with Crippen molar-refractivity contribution < 1.29 is 48.2 Å². The number of carboxylic acids is 2. The molecular formula is C56H58Cl2N6O10. The lowest BCUT2D eigenvalue weighted by molar-refractivity contribution is -0.141. The average Bonchev–Trinajstić information content (AvgIpc) is 4.34. The van der Waals surface area contributed by atoms with Crippen molar-refractivity contribution in [3.63, 3.8) is 0 Å². The minimum atomic E-state index is -0.989. The molecule has 4 N–H and O–H groups in total. The SMILES string of the molecule is COCCC(NCc1cc(Cl)c(OCc2cccc(-c3cccc(COc4cc(OCc5cncc(C6=NC6)c5)c(CNC(CCOC)C(=O)O)cc4Cl)c3C)c2C)cc1OCc1cncc(C2=NC2)c1)C(=O)O. The fourth-order valence-electron chi connectivity index (χ4n) is 8.27. The van der Waals surface area contributed by atoms with E-state index in [4.69, 9.17) is 51.6 Å². The number of hydrogen-bond donors (Lipinski definition) is 4. The van der Waals surface area contributed by atoms with E-state index in [1.807, 2.05) is 36.4 Å². The summed E-state index contributed by atoms with van der Waals surface area (Å²) in [6, 6.07) is 21.4. The Morgan fingerprint density at radius 2 is 0.973 bits per heavy atom. The second-order valence-corrected chi connectivity index (χ2v) is 18.7. The van der Waals surface area contributed by atoms with Crippen LogP contribution in [0, 0.1) is 13.8 Å². The first-order valence-corrected chi connectivity index (χ1v) is 24.8. The number of aromatic nitrogens is 2. The highest BCUT2D eigenvalue weighted by molar-refractivity contribution is 6.32. The number of hydrogen-bond acceptors (Lipinski definition) is 14. The summed E-state index contributed by atoms with van der Waals surface area (Å²) in [7, 11) is 3.06. The number of nitrogens with one attached hydrogen (secondary N) is 2. The molecule has 0 saturated carbocycles. The van der Waals surface area contributed by atoms with Gasteiger partial charge in [-0.15, -0.1) is 0 Å². The molecule has 4 heterocycles. The van der Waals surface area contributed by atoms with E-state index in [0.29, 0.717) is 57.3 Å². The molecule has 386 valence electrons. The van der Waals surface area contributed by atoms with Gasteiger partial charge >= 0.3 is 11.9 Å². The molecule has 2 aliphatic heterocycles. The second kappa shape index (κ2) is 25.3. The Hall–Kier alpha value is -6.92. The minimum Gasteiger partial charge on any atom is -0.488 e. The summed E-state index contributed by atoms with van der Waals surface area (Å²) in [5.41, 5.74) is 12.8. The van der Waals surface area contributed by atoms with Crippen LogP contribution in [0.1, 0.15) is 68.5 Å². The van der Waals surface area contributed by atoms with Crippen LogP contribution in [-0.2, 0) is 58.6 Å². The zero-order valence-corrected chi connectivity index (χ0v) is 43.1. The first-order valence-electron chi connectivity index (χ1n) is 24.1. The number of carboxylic acid groups (broad SMARTS) is 2. The van der Waals surface area contributed by atoms with Crippen molar-refractivity contribution >= 4 is 46.6 Å². The molecule has 6 aromatic rings. The van der Waals surface area contributed by atoms with Crippen molar-refractivity contribution in [2.75, 3.05) is 40.5 Å². The fourth-order valence-corrected chi connectivity index (χ4v) is 8.75. The smallest absolute Gasteiger partial charge is 0.320 e. The van der Waals surface area contributed by atoms with Crippen molar-refractivity contribution in [1.82, 2.24) is 20.6 Å². The lowest BCUT2D eigenvalue weighted by Crippen LogP contribution is -2.37. The number of aliphatic carboxylic acids is 2. The van der Waals surface area contributed by atoms with Crippen molar-refractivity contribution in [3.8, 4) is 34.1 Å². The maximum atomic E-state index is 12.0. The minimum absolute atomic E-state index is 0.166. The number of nitrogens with zero attached hydrogens (tertiary/aromatic N) is 4. The van der Waals surface area contributed by atoms with Gasteiger partial charge in [-0.05, 0) is 84.3 Å². The number of benzene rings is 4. The van der Waals surface area contributed by atoms with E-state index in [-0.39, 0.29) is 65.6 Å². The Morgan fingerprint density at radius 1 is 0.568 bits per heavy atom. The normalized spacial score (nSPS) is 13.4. The van der Waals surface area contributed by atoms with E-state index in [9.17, 15) is 19.8 Å². The molecule has 8 rings (SSSR count). The van der Waals surface area contributed by atoms with Crippen molar-refractivity contribution in [3.05, 3.63) is 163 Å². The number of ether oxygens (including phenoxy) is 6. The Labute approximate surface area is 439 Å². The zero-order valence-electron chi connectivity index (χ0n) is 41.6. The molecule has 2 atom stereocenters. The third-order valence-corrected chi connectivity index (χ3v) is 13.3. The topological polar surface area (TPSA) is 205 Å². The van der Waals surface area contributed by atoms with Gasteiger partial charge in [-0.25, -0.2) is 0 Å². The monoisotopic (exact) mass is 1040 g/mol. The summed E-state index contributed by atoms with van der Waals surface area (Å²) in [5.74, 6) is -0.223. The van der Waals surface area contributed by atoms with Crippen LogP contribution in [0.15, 0.2) is 108 Å². The van der Waals surface area contributed by atoms with Gasteiger partial charge in [-0.3, -0.25) is 29.5 Å². The van der Waals surface area contributed by atoms with Crippen LogP contribution in [0.25, 0.3) is 11.1 Å². The highest BCUT2D eigenvalue weighted by atomic mass is 35.5. The Bertz CT molecular complexity index is 2860. The zero-order chi connectivity index (χ0) is 52.1. The first-order chi connectivity index (χ1) is 35.9. The van der Waals surface area contributed by atoms with Crippen LogP contribution < -0.4 is 29.6 Å². The first kappa shape index (κ1) is 53.4. The van der Waals surface area contributed by atoms with E-state index in [1.54, 1.807) is 49.1 Å². The van der Waals surface area contributed by atoms with Crippen LogP contribution in [0.3, 0.4) is 0 Å². The van der Waals surface area contributed by atoms with Crippen LogP contribution in [0.5, 0.6) is 23.0 Å². The number of methoxy groups -OCH3 is 2. The van der Waals surface area contributed by atoms with Crippen molar-refractivity contribution in [1.29, 1.82) is 0 Å². The third kappa shape index (κ3) is 14.2. The Kier molecular flexibility index (Phi) is 18.3. The summed E-state index contributed by atoms with van der Waals surface area (Å²) in [6.07, 6.45) is 7.58. The molecule has 0 aliphatic carbocycles. The molecule has 0 spiro atoms. The molecule has 74 heavy (non-hydrogen) atoms. The van der Waals surface area contributed by atoms with Gasteiger partial charge in [-0.2, -0.15) is 0 Å². The van der Waals surface area contributed by atoms with Crippen LogP contribution in [0.2, 0.25) is 10.0 Å². The quantitative estimate of drug-likeness (QED) is 0.0346. The molecule has 2 aliphatic rings. The van der Waals surface area contributed by atoms with Gasteiger partial charge in [0, 0.05) is 111 Å². The highest BCUT2D eigenvalue weighted by Gasteiger charge is 2.23. The summed E-state index contributed by atoms with van der Waals surface area (Å²) in [4.78, 5) is 41.4. The predicted octanol–water partition coefficient (Wildman–Crippen LogP) is 9.15. The summed E-state index contributed by atoms with van der Waals surface area (Å²) in [6.45, 7) is 7.18. The molecule has 2 aromatic heterocycles. The number of halogens is 2. The maximum absolute atomic E-state index is 12.0. The lowest BCUT2D eigenvalue weighted by atomic mass is 9.92. The van der Waals surface area contributed by atoms with Gasteiger partial charge in [0.15, 0.2) is 0 Å². The molecule has 4 aromatic carbocycles. The highest BCUT2D eigenvalue weighted by Crippen LogP contribution is 2.38. The molecule has 0 bridgehead atoms. The van der Waals surface area contributed by atoms with Crippen LogP contribution in [-0.4, -0.2) is 96.1 Å². The van der Waals surface area contributed by atoms with Gasteiger partial charge < -0.3 is 49.3 Å². The van der Waals surface area contributed by atoms with Crippen LogP contribution >= 0.6 is 23.2 Å². The fraction of sp³-hybridized carbons (Fsp3) is 0.321. The Balaban J connectivity index is 0.984. The summed E-state index contributed by atoms with van der Waals surface area (Å²) < 4.78 is 35.9. The second-order valence-electron chi connectivity index (χ2n) is 17.9. The molecule has 0 saturated heterocycles. The molecule has 0 fully saturated rings. The predicted molar refractivity (Wildman–Crippen MR) is 282 cm³/mol. The van der Waals surface area contributed by atoms with E-state index in [1.165, 1.54) is 14.2 Å². The van der Waals surface area contributed by atoms with E-state index >= 15 is 0 Å². The lowest BCUT2D eigenvalue weighted by Gasteiger charge is -2.20. The number of carbonyl (C=O) groups is 2. The van der Waals surface area contributed by atoms with E-state index < -0.39 is 24.0 Å². The Morgan fingerprint density at radius 3 is 1.35 bits per heavy atom. The molecular weight excluding hydrogens is 988 g/mol. The number of aliphatic imine (C=N–C) groups is 2. The van der Waals surface area contributed by atoms with E-state index in [0.717, 1.165) is 67.1 Å². The third-order valence-electron chi connectivity index (χ3n) is 12.8. The van der Waals surface area contributed by atoms with E-state index in [2.05, 4.69) is 56.6 Å². The van der Waals surface area contributed by atoms with Gasteiger partial charge in [0.1, 0.15) is 61.5 Å². The molecule has 2 unspecified atom stereocenters. The molecule has 0 radical (unpaired) electrons. The van der Waals surface area contributed by atoms with Gasteiger partial charge in [-0.1, -0.05) is 59.6 Å². The standard InChI is InChI=1S/C56H58Cl2N6O10/c1-33-37(31-73-53-19-51(71-29-35-15-39(23-59-21-35)49-27-63-49)41(17-45(53)57)25-61-47(55(65)66)11-13-69-3)7-5-9-43(33)44-10-6-8-38(34(44)2)32-74-54-20-52(72-30-36-16-40(24-60-22-36)50-28-64-50)42(18-46(54)58)26-62-48(56(67)68)12-14-70-4/h5-10,15-24,47-48,61-62H,11-14,25-32H2,1-4H3,(H,65,66)(H,67,68). The van der Waals surface area contributed by atoms with Gasteiger partial charge in [0.2, 0.25) is 0 Å². The molecule has 16 nitrogen and oxygen atoms in total. The summed E-state index contributed by atoms with van der Waals surface area (Å²) >= 11 is 13.8. The largest absolute Gasteiger partial charge is 0.488 e. The molecule has 0 amide bonds. The van der Waals surface area contributed by atoms with Gasteiger partial charge in [0.25, 0.3) is 0 Å². The molecule has 18 heteroatoms. The number of rotatable bonds is 29. The van der Waals surface area contributed by atoms with Gasteiger partial charge in [0.05, 0.1) is 34.6 Å². The van der Waals surface area contributed by atoms with Crippen molar-refractivity contribution in [2.45, 2.75) is 78.3 Å². The number of pyridine rings is 2. The average molecular weight is 1050 g/mol. The maximum Gasteiger partial charge on any atom is 0.320 e. The van der Waals surface area contributed by atoms with Crippen molar-refractivity contribution in [2.24, 2.45) is 9.98 Å². The van der Waals surface area contributed by atoms with Crippen LogP contribution in [0.4, 0.5) is 0 Å².